The lowest BCUT2D eigenvalue weighted by Gasteiger charge is -2.31. The van der Waals surface area contributed by atoms with Gasteiger partial charge in [0.25, 0.3) is 0 Å². The molecule has 5 heteroatoms. The fourth-order valence-corrected chi connectivity index (χ4v) is 2.05. The van der Waals surface area contributed by atoms with Crippen molar-refractivity contribution in [1.29, 1.82) is 0 Å². The van der Waals surface area contributed by atoms with E-state index < -0.39 is 0 Å². The first kappa shape index (κ1) is 15.7. The van der Waals surface area contributed by atoms with E-state index in [4.69, 9.17) is 5.73 Å². The number of amides is 1. The summed E-state index contributed by atoms with van der Waals surface area (Å²) in [4.78, 5) is 13.1. The van der Waals surface area contributed by atoms with Gasteiger partial charge in [-0.2, -0.15) is 0 Å². The maximum atomic E-state index is 10.9. The number of hydrogen-bond acceptors (Lipinski definition) is 3. The van der Waals surface area contributed by atoms with Crippen LogP contribution in [0.5, 0.6) is 0 Å². The molecule has 0 saturated carbocycles. The first-order chi connectivity index (χ1) is 7.09. The summed E-state index contributed by atoms with van der Waals surface area (Å²) < 4.78 is 0. The van der Waals surface area contributed by atoms with Crippen LogP contribution in [0.4, 0.5) is 0 Å². The molecule has 1 saturated heterocycles. The molecule has 1 aliphatic rings. The minimum absolute atomic E-state index is 0. The van der Waals surface area contributed by atoms with Gasteiger partial charge >= 0.3 is 0 Å². The number of carbonyl (C=O) groups excluding carboxylic acids is 1. The van der Waals surface area contributed by atoms with Gasteiger partial charge in [-0.3, -0.25) is 9.69 Å². The molecule has 0 aromatic heterocycles. The number of rotatable bonds is 5. The molecule has 0 bridgehead atoms. The second-order valence-corrected chi connectivity index (χ2v) is 4.68. The molecule has 3 N–H and O–H groups in total. The highest BCUT2D eigenvalue weighted by Gasteiger charge is 2.19. The van der Waals surface area contributed by atoms with E-state index in [-0.39, 0.29) is 18.3 Å². The monoisotopic (exact) mass is 249 g/mol. The van der Waals surface area contributed by atoms with Crippen molar-refractivity contribution >= 4 is 18.3 Å². The number of carbonyl (C=O) groups is 1. The van der Waals surface area contributed by atoms with Gasteiger partial charge in [0.05, 0.1) is 6.54 Å². The van der Waals surface area contributed by atoms with Crippen LogP contribution in [0.3, 0.4) is 0 Å². The van der Waals surface area contributed by atoms with Crippen molar-refractivity contribution in [3.05, 3.63) is 0 Å². The Labute approximate surface area is 104 Å². The molecule has 16 heavy (non-hydrogen) atoms. The molecule has 1 aliphatic heterocycles. The lowest BCUT2D eigenvalue weighted by Crippen LogP contribution is -2.43. The number of hydrogen-bond donors (Lipinski definition) is 2. The van der Waals surface area contributed by atoms with Gasteiger partial charge in [-0.1, -0.05) is 0 Å². The molecule has 1 fully saturated rings. The third-order valence-corrected chi connectivity index (χ3v) is 3.04. The summed E-state index contributed by atoms with van der Waals surface area (Å²) in [5.74, 6) is 0.491. The van der Waals surface area contributed by atoms with Crippen molar-refractivity contribution in [2.75, 3.05) is 26.2 Å². The summed E-state index contributed by atoms with van der Waals surface area (Å²) in [7, 11) is 0. The van der Waals surface area contributed by atoms with Gasteiger partial charge in [-0.25, -0.2) is 0 Å². The molecule has 1 amide bonds. The van der Waals surface area contributed by atoms with E-state index in [0.29, 0.717) is 18.5 Å². The van der Waals surface area contributed by atoms with Crippen LogP contribution in [0.15, 0.2) is 0 Å². The smallest absolute Gasteiger partial charge is 0.231 e. The van der Waals surface area contributed by atoms with Gasteiger partial charge < -0.3 is 11.1 Å². The van der Waals surface area contributed by atoms with Crippen LogP contribution in [-0.4, -0.2) is 43.0 Å². The maximum Gasteiger partial charge on any atom is 0.231 e. The topological polar surface area (TPSA) is 58.4 Å². The average Bonchev–Trinajstić information content (AvgIpc) is 2.17. The van der Waals surface area contributed by atoms with E-state index in [1.165, 1.54) is 12.8 Å². The molecule has 4 nitrogen and oxygen atoms in total. The predicted octanol–water partition coefficient (Wildman–Crippen LogP) is 0.604. The molecule has 96 valence electrons. The molecular formula is C11H24ClN3O. The van der Waals surface area contributed by atoms with E-state index in [2.05, 4.69) is 24.1 Å². The minimum Gasteiger partial charge on any atom is -0.369 e. The van der Waals surface area contributed by atoms with Gasteiger partial charge in [0.2, 0.25) is 5.91 Å². The molecule has 1 rings (SSSR count). The molecule has 0 radical (unpaired) electrons. The van der Waals surface area contributed by atoms with Crippen LogP contribution >= 0.6 is 12.4 Å². The standard InChI is InChI=1S/C11H23N3O.ClH/c1-9(2)14(8-11(12)15)7-10-3-5-13-6-4-10;/h9-10,13H,3-8H2,1-2H3,(H2,12,15);1H. The first-order valence-corrected chi connectivity index (χ1v) is 5.82. The van der Waals surface area contributed by atoms with Gasteiger partial charge in [0.1, 0.15) is 0 Å². The third-order valence-electron chi connectivity index (χ3n) is 3.04. The Bertz CT molecular complexity index is 205. The molecule has 0 atom stereocenters. The van der Waals surface area contributed by atoms with Gasteiger partial charge in [0, 0.05) is 12.6 Å². The van der Waals surface area contributed by atoms with Crippen molar-refractivity contribution < 1.29 is 4.79 Å². The first-order valence-electron chi connectivity index (χ1n) is 5.82. The summed E-state index contributed by atoms with van der Waals surface area (Å²) in [5, 5.41) is 3.35. The number of nitrogens with one attached hydrogen (secondary N) is 1. The molecule has 0 spiro atoms. The highest BCUT2D eigenvalue weighted by Crippen LogP contribution is 2.14. The zero-order chi connectivity index (χ0) is 11.3. The molecule has 0 aromatic rings. The summed E-state index contributed by atoms with van der Waals surface area (Å²) >= 11 is 0. The Hall–Kier alpha value is -0.320. The van der Waals surface area contributed by atoms with Gasteiger partial charge in [-0.15, -0.1) is 12.4 Å². The Morgan fingerprint density at radius 2 is 2.00 bits per heavy atom. The molecule has 1 heterocycles. The Morgan fingerprint density at radius 3 is 2.44 bits per heavy atom. The Balaban J connectivity index is 0.00000225. The predicted molar refractivity (Wildman–Crippen MR) is 68.7 cm³/mol. The minimum atomic E-state index is -0.224. The summed E-state index contributed by atoms with van der Waals surface area (Å²) in [6, 6.07) is 0.396. The van der Waals surface area contributed by atoms with E-state index in [1.54, 1.807) is 0 Å². The van der Waals surface area contributed by atoms with Gasteiger partial charge in [-0.05, 0) is 45.7 Å². The van der Waals surface area contributed by atoms with E-state index in [0.717, 1.165) is 19.6 Å². The van der Waals surface area contributed by atoms with Crippen molar-refractivity contribution in [3.8, 4) is 0 Å². The van der Waals surface area contributed by atoms with Crippen LogP contribution < -0.4 is 11.1 Å². The largest absolute Gasteiger partial charge is 0.369 e. The van der Waals surface area contributed by atoms with E-state index in [9.17, 15) is 4.79 Å². The third kappa shape index (κ3) is 5.68. The van der Waals surface area contributed by atoms with Crippen LogP contribution in [0.25, 0.3) is 0 Å². The SMILES string of the molecule is CC(C)N(CC(N)=O)CC1CCNCC1.Cl. The van der Waals surface area contributed by atoms with Crippen LogP contribution in [-0.2, 0) is 4.79 Å². The Kier molecular flexibility index (Phi) is 7.72. The van der Waals surface area contributed by atoms with Crippen molar-refractivity contribution in [2.45, 2.75) is 32.7 Å². The second-order valence-electron chi connectivity index (χ2n) is 4.68. The number of primary amides is 1. The quantitative estimate of drug-likeness (QED) is 0.751. The fourth-order valence-electron chi connectivity index (χ4n) is 2.05. The molecular weight excluding hydrogens is 226 g/mol. The normalized spacial score (nSPS) is 17.5. The number of piperidine rings is 1. The molecule has 0 unspecified atom stereocenters. The molecule has 0 aliphatic carbocycles. The fraction of sp³-hybridized carbons (Fsp3) is 0.909. The van der Waals surface area contributed by atoms with Crippen molar-refractivity contribution in [2.24, 2.45) is 11.7 Å². The Morgan fingerprint density at radius 1 is 1.44 bits per heavy atom. The summed E-state index contributed by atoms with van der Waals surface area (Å²) in [6.07, 6.45) is 2.42. The van der Waals surface area contributed by atoms with Crippen LogP contribution in [0, 0.1) is 5.92 Å². The van der Waals surface area contributed by atoms with Crippen molar-refractivity contribution in [3.63, 3.8) is 0 Å². The van der Waals surface area contributed by atoms with Crippen LogP contribution in [0.1, 0.15) is 26.7 Å². The van der Waals surface area contributed by atoms with Gasteiger partial charge in [0.15, 0.2) is 0 Å². The second kappa shape index (κ2) is 7.87. The van der Waals surface area contributed by atoms with E-state index in [1.807, 2.05) is 0 Å². The highest BCUT2D eigenvalue weighted by molar-refractivity contribution is 5.85. The summed E-state index contributed by atoms with van der Waals surface area (Å²) in [5.41, 5.74) is 5.24. The zero-order valence-corrected chi connectivity index (χ0v) is 11.1. The zero-order valence-electron chi connectivity index (χ0n) is 10.2. The maximum absolute atomic E-state index is 10.9. The number of halogens is 1. The van der Waals surface area contributed by atoms with E-state index >= 15 is 0 Å². The van der Waals surface area contributed by atoms with Crippen LogP contribution in [0.2, 0.25) is 0 Å². The average molecular weight is 250 g/mol. The lowest BCUT2D eigenvalue weighted by atomic mass is 9.97. The molecule has 0 aromatic carbocycles. The highest BCUT2D eigenvalue weighted by atomic mass is 35.5. The van der Waals surface area contributed by atoms with Crippen molar-refractivity contribution in [1.82, 2.24) is 10.2 Å². The summed E-state index contributed by atoms with van der Waals surface area (Å²) in [6.45, 7) is 7.83. The lowest BCUT2D eigenvalue weighted by molar-refractivity contribution is -0.119. The number of nitrogens with zero attached hydrogens (tertiary/aromatic N) is 1. The number of nitrogens with two attached hydrogens (primary N) is 1.